The first-order valence-electron chi connectivity index (χ1n) is 13.6. The van der Waals surface area contributed by atoms with Crippen LogP contribution in [0.3, 0.4) is 0 Å². The molecule has 40 heavy (non-hydrogen) atoms. The number of hydrogen-bond acceptors (Lipinski definition) is 3. The van der Waals surface area contributed by atoms with E-state index in [1.165, 1.54) is 16.0 Å². The lowest BCUT2D eigenvalue weighted by Crippen LogP contribution is -2.50. The smallest absolute Gasteiger partial charge is 0.339 e. The standard InChI is InChI=1S/C29H31F6N3O2/c30-28(31,32)23-15-22(16-24(17-23)29(33,34)35)27(40)37-13-8-25(9-14-37)36-10-6-20(7-11-36)26(39)38-12-5-19-3-1-2-4-21(19)18-38/h1-4,15-17,20,25H,5-14,18H2. The second-order valence-corrected chi connectivity index (χ2v) is 10.9. The van der Waals surface area contributed by atoms with Crippen molar-refractivity contribution in [2.24, 2.45) is 5.92 Å². The van der Waals surface area contributed by atoms with E-state index in [0.29, 0.717) is 31.5 Å². The molecule has 216 valence electrons. The summed E-state index contributed by atoms with van der Waals surface area (Å²) in [6, 6.07) is 9.34. The quantitative estimate of drug-likeness (QED) is 0.452. The molecular weight excluding hydrogens is 536 g/mol. The van der Waals surface area contributed by atoms with E-state index < -0.39 is 35.0 Å². The molecule has 3 heterocycles. The van der Waals surface area contributed by atoms with Crippen LogP contribution in [0.15, 0.2) is 42.5 Å². The lowest BCUT2D eigenvalue weighted by Gasteiger charge is -2.42. The summed E-state index contributed by atoms with van der Waals surface area (Å²) in [5, 5.41) is 0. The molecule has 0 radical (unpaired) electrons. The molecular formula is C29H31F6N3O2. The van der Waals surface area contributed by atoms with Gasteiger partial charge in [-0.2, -0.15) is 26.3 Å². The van der Waals surface area contributed by atoms with Crippen molar-refractivity contribution in [3.8, 4) is 0 Å². The molecule has 0 bridgehead atoms. The van der Waals surface area contributed by atoms with Gasteiger partial charge >= 0.3 is 12.4 Å². The van der Waals surface area contributed by atoms with Crippen molar-refractivity contribution >= 4 is 11.8 Å². The number of fused-ring (bicyclic) bond motifs is 1. The second kappa shape index (κ2) is 11.1. The number of likely N-dealkylation sites (tertiary alicyclic amines) is 2. The Morgan fingerprint density at radius 3 is 1.85 bits per heavy atom. The number of piperidine rings is 2. The van der Waals surface area contributed by atoms with Gasteiger partial charge in [-0.05, 0) is 74.5 Å². The molecule has 5 rings (SSSR count). The van der Waals surface area contributed by atoms with E-state index in [1.54, 1.807) is 0 Å². The highest BCUT2D eigenvalue weighted by molar-refractivity contribution is 5.94. The van der Waals surface area contributed by atoms with E-state index in [1.807, 2.05) is 17.0 Å². The van der Waals surface area contributed by atoms with E-state index in [4.69, 9.17) is 0 Å². The normalized spacial score (nSPS) is 19.9. The molecule has 0 unspecified atom stereocenters. The van der Waals surface area contributed by atoms with Gasteiger partial charge in [-0.15, -0.1) is 0 Å². The van der Waals surface area contributed by atoms with E-state index in [0.717, 1.165) is 38.9 Å². The van der Waals surface area contributed by atoms with Crippen LogP contribution in [0.1, 0.15) is 58.3 Å². The van der Waals surface area contributed by atoms with Crippen LogP contribution in [0.4, 0.5) is 26.3 Å². The van der Waals surface area contributed by atoms with Crippen molar-refractivity contribution in [3.63, 3.8) is 0 Å². The first-order chi connectivity index (χ1) is 18.9. The maximum atomic E-state index is 13.2. The van der Waals surface area contributed by atoms with Crippen LogP contribution in [0.25, 0.3) is 0 Å². The van der Waals surface area contributed by atoms with Gasteiger partial charge in [-0.25, -0.2) is 0 Å². The molecule has 2 fully saturated rings. The predicted octanol–water partition coefficient (Wildman–Crippen LogP) is 5.63. The topological polar surface area (TPSA) is 43.9 Å². The largest absolute Gasteiger partial charge is 0.416 e. The van der Waals surface area contributed by atoms with Crippen LogP contribution in [0.2, 0.25) is 0 Å². The van der Waals surface area contributed by atoms with Gasteiger partial charge in [-0.1, -0.05) is 24.3 Å². The van der Waals surface area contributed by atoms with Gasteiger partial charge in [0.15, 0.2) is 0 Å². The number of rotatable bonds is 3. The lowest BCUT2D eigenvalue weighted by atomic mass is 9.91. The minimum Gasteiger partial charge on any atom is -0.339 e. The first-order valence-corrected chi connectivity index (χ1v) is 13.6. The Labute approximate surface area is 228 Å². The Morgan fingerprint density at radius 2 is 1.27 bits per heavy atom. The van der Waals surface area contributed by atoms with Crippen molar-refractivity contribution < 1.29 is 35.9 Å². The lowest BCUT2D eigenvalue weighted by molar-refractivity contribution is -0.143. The van der Waals surface area contributed by atoms with E-state index in [9.17, 15) is 35.9 Å². The summed E-state index contributed by atoms with van der Waals surface area (Å²) in [5.74, 6) is -0.678. The number of benzene rings is 2. The molecule has 3 aliphatic heterocycles. The molecule has 5 nitrogen and oxygen atoms in total. The Balaban J connectivity index is 1.14. The van der Waals surface area contributed by atoms with Crippen LogP contribution >= 0.6 is 0 Å². The molecule has 2 saturated heterocycles. The molecule has 2 aromatic rings. The molecule has 2 aromatic carbocycles. The number of hydrogen-bond donors (Lipinski definition) is 0. The van der Waals surface area contributed by atoms with Crippen molar-refractivity contribution in [2.75, 3.05) is 32.7 Å². The van der Waals surface area contributed by atoms with Crippen LogP contribution in [0, 0.1) is 5.92 Å². The number of alkyl halides is 6. The molecule has 0 saturated carbocycles. The van der Waals surface area contributed by atoms with Crippen LogP contribution in [-0.4, -0.2) is 65.3 Å². The van der Waals surface area contributed by atoms with Crippen LogP contribution < -0.4 is 0 Å². The fraction of sp³-hybridized carbons (Fsp3) is 0.517. The highest BCUT2D eigenvalue weighted by atomic mass is 19.4. The van der Waals surface area contributed by atoms with Crippen molar-refractivity contribution in [3.05, 3.63) is 70.3 Å². The fourth-order valence-electron chi connectivity index (χ4n) is 6.15. The molecule has 2 amide bonds. The maximum absolute atomic E-state index is 13.2. The average Bonchev–Trinajstić information content (AvgIpc) is 2.95. The molecule has 3 aliphatic rings. The van der Waals surface area contributed by atoms with Gasteiger partial charge in [0, 0.05) is 43.7 Å². The number of carbonyl (C=O) groups is 2. The van der Waals surface area contributed by atoms with Crippen LogP contribution in [0.5, 0.6) is 0 Å². The molecule has 0 N–H and O–H groups in total. The minimum atomic E-state index is -5.00. The number of carbonyl (C=O) groups excluding carboxylic acids is 2. The Hall–Kier alpha value is -3.08. The van der Waals surface area contributed by atoms with Crippen LogP contribution in [-0.2, 0) is 30.1 Å². The van der Waals surface area contributed by atoms with Gasteiger partial charge in [0.05, 0.1) is 11.1 Å². The molecule has 0 aromatic heterocycles. The zero-order valence-corrected chi connectivity index (χ0v) is 21.9. The van der Waals surface area contributed by atoms with Gasteiger partial charge < -0.3 is 14.7 Å². The fourth-order valence-corrected chi connectivity index (χ4v) is 6.15. The summed E-state index contributed by atoms with van der Waals surface area (Å²) in [6.45, 7) is 3.32. The van der Waals surface area contributed by atoms with Crippen molar-refractivity contribution in [2.45, 2.75) is 57.0 Å². The molecule has 0 aliphatic carbocycles. The van der Waals surface area contributed by atoms with E-state index >= 15 is 0 Å². The maximum Gasteiger partial charge on any atom is 0.416 e. The Bertz CT molecular complexity index is 1210. The zero-order valence-electron chi connectivity index (χ0n) is 21.9. The van der Waals surface area contributed by atoms with Gasteiger partial charge in [0.25, 0.3) is 5.91 Å². The SMILES string of the molecule is O=C(c1cc(C(F)(F)F)cc(C(F)(F)F)c1)N1CCC(N2CCC(C(=O)N3CCc4ccccc4C3)CC2)CC1. The zero-order chi connectivity index (χ0) is 28.7. The highest BCUT2D eigenvalue weighted by Gasteiger charge is 2.39. The van der Waals surface area contributed by atoms with Gasteiger partial charge in [0.1, 0.15) is 0 Å². The number of amides is 2. The van der Waals surface area contributed by atoms with E-state index in [2.05, 4.69) is 17.0 Å². The van der Waals surface area contributed by atoms with Gasteiger partial charge in [-0.3, -0.25) is 9.59 Å². The Kier molecular flexibility index (Phi) is 7.87. The molecule has 0 atom stereocenters. The van der Waals surface area contributed by atoms with Crippen molar-refractivity contribution in [1.29, 1.82) is 0 Å². The summed E-state index contributed by atoms with van der Waals surface area (Å²) in [4.78, 5) is 31.7. The second-order valence-electron chi connectivity index (χ2n) is 10.9. The number of halogens is 6. The third-order valence-electron chi connectivity index (χ3n) is 8.42. The molecule has 0 spiro atoms. The summed E-state index contributed by atoms with van der Waals surface area (Å²) in [5.41, 5.74) is -1.11. The Morgan fingerprint density at radius 1 is 0.700 bits per heavy atom. The summed E-state index contributed by atoms with van der Waals surface area (Å²) >= 11 is 0. The summed E-state index contributed by atoms with van der Waals surface area (Å²) in [6.07, 6.45) is -6.54. The van der Waals surface area contributed by atoms with Crippen molar-refractivity contribution in [1.82, 2.24) is 14.7 Å². The minimum absolute atomic E-state index is 0.0293. The molecule has 11 heteroatoms. The predicted molar refractivity (Wildman–Crippen MR) is 135 cm³/mol. The monoisotopic (exact) mass is 567 g/mol. The number of nitrogens with zero attached hydrogens (tertiary/aromatic N) is 3. The average molecular weight is 568 g/mol. The summed E-state index contributed by atoms with van der Waals surface area (Å²) < 4.78 is 79.3. The van der Waals surface area contributed by atoms with E-state index in [-0.39, 0.29) is 37.0 Å². The highest BCUT2D eigenvalue weighted by Crippen LogP contribution is 2.37. The van der Waals surface area contributed by atoms with Gasteiger partial charge in [0.2, 0.25) is 5.91 Å². The summed E-state index contributed by atoms with van der Waals surface area (Å²) in [7, 11) is 0. The third kappa shape index (κ3) is 6.14. The first kappa shape index (κ1) is 28.4. The third-order valence-corrected chi connectivity index (χ3v) is 8.42.